The first kappa shape index (κ1) is 27.1. The molecule has 8 nitrogen and oxygen atoms in total. The summed E-state index contributed by atoms with van der Waals surface area (Å²) in [7, 11) is 4.48. The fourth-order valence-electron chi connectivity index (χ4n) is 4.56. The molecule has 1 aliphatic heterocycles. The van der Waals surface area contributed by atoms with Crippen molar-refractivity contribution in [3.05, 3.63) is 75.0 Å². The highest BCUT2D eigenvalue weighted by atomic mass is 32.1. The van der Waals surface area contributed by atoms with Crippen LogP contribution in [0.4, 0.5) is 0 Å². The SMILES string of the molecule is COc1cc(C2/C(=C(\O)c3ccc(OC(C)C)c(C)c3)C(=O)C(=O)N2Cc2cccs2)cc(OC)c1OC. The number of hydrogen-bond acceptors (Lipinski definition) is 8. The summed E-state index contributed by atoms with van der Waals surface area (Å²) in [4.78, 5) is 29.2. The highest BCUT2D eigenvalue weighted by Gasteiger charge is 2.46. The van der Waals surface area contributed by atoms with E-state index in [2.05, 4.69) is 0 Å². The molecule has 200 valence electrons. The molecule has 2 aromatic carbocycles. The summed E-state index contributed by atoms with van der Waals surface area (Å²) >= 11 is 1.48. The topological polar surface area (TPSA) is 94.5 Å². The average molecular weight is 538 g/mol. The van der Waals surface area contributed by atoms with Gasteiger partial charge < -0.3 is 29.0 Å². The Labute approximate surface area is 226 Å². The van der Waals surface area contributed by atoms with Crippen LogP contribution >= 0.6 is 11.3 Å². The summed E-state index contributed by atoms with van der Waals surface area (Å²) in [5, 5.41) is 13.4. The van der Waals surface area contributed by atoms with Crippen molar-refractivity contribution in [2.45, 2.75) is 39.5 Å². The highest BCUT2D eigenvalue weighted by Crippen LogP contribution is 2.46. The first-order valence-corrected chi connectivity index (χ1v) is 13.0. The summed E-state index contributed by atoms with van der Waals surface area (Å²) in [5.41, 5.74) is 1.72. The zero-order valence-electron chi connectivity index (χ0n) is 22.2. The van der Waals surface area contributed by atoms with E-state index in [0.717, 1.165) is 10.4 Å². The van der Waals surface area contributed by atoms with Crippen molar-refractivity contribution >= 4 is 28.8 Å². The third-order valence-electron chi connectivity index (χ3n) is 6.26. The fourth-order valence-corrected chi connectivity index (χ4v) is 5.26. The number of likely N-dealkylation sites (tertiary alicyclic amines) is 1. The third-order valence-corrected chi connectivity index (χ3v) is 7.12. The summed E-state index contributed by atoms with van der Waals surface area (Å²) in [6, 6.07) is 11.4. The van der Waals surface area contributed by atoms with Crippen molar-refractivity contribution in [1.82, 2.24) is 4.90 Å². The van der Waals surface area contributed by atoms with Gasteiger partial charge in [-0.2, -0.15) is 0 Å². The van der Waals surface area contributed by atoms with Gasteiger partial charge in [0.15, 0.2) is 11.5 Å². The predicted octanol–water partition coefficient (Wildman–Crippen LogP) is 5.49. The number of aryl methyl sites for hydroxylation is 1. The van der Waals surface area contributed by atoms with Crippen LogP contribution in [0.2, 0.25) is 0 Å². The lowest BCUT2D eigenvalue weighted by molar-refractivity contribution is -0.140. The van der Waals surface area contributed by atoms with Gasteiger partial charge in [-0.3, -0.25) is 9.59 Å². The number of ketones is 1. The van der Waals surface area contributed by atoms with Crippen LogP contribution in [0, 0.1) is 6.92 Å². The van der Waals surface area contributed by atoms with Crippen LogP contribution < -0.4 is 18.9 Å². The maximum absolute atomic E-state index is 13.5. The highest BCUT2D eigenvalue weighted by molar-refractivity contribution is 7.09. The maximum atomic E-state index is 13.5. The molecule has 0 radical (unpaired) electrons. The number of amides is 1. The summed E-state index contributed by atoms with van der Waals surface area (Å²) < 4.78 is 22.3. The lowest BCUT2D eigenvalue weighted by Gasteiger charge is -2.26. The monoisotopic (exact) mass is 537 g/mol. The van der Waals surface area contributed by atoms with Crippen LogP contribution in [-0.2, 0) is 16.1 Å². The number of benzene rings is 2. The Balaban J connectivity index is 1.91. The standard InChI is InChI=1S/C29H31NO7S/c1-16(2)37-21-10-9-18(12-17(21)3)26(31)24-25(19-13-22(34-4)28(36-6)23(14-19)35-5)30(29(33)27(24)32)15-20-8-7-11-38-20/h7-14,16,25,31H,15H2,1-6H3/b26-24+. The zero-order valence-corrected chi connectivity index (χ0v) is 23.0. The van der Waals surface area contributed by atoms with Crippen molar-refractivity contribution in [3.8, 4) is 23.0 Å². The molecule has 0 spiro atoms. The second-order valence-corrected chi connectivity index (χ2v) is 10.1. The van der Waals surface area contributed by atoms with Crippen molar-refractivity contribution in [3.63, 3.8) is 0 Å². The minimum Gasteiger partial charge on any atom is -0.507 e. The van der Waals surface area contributed by atoms with Crippen LogP contribution in [0.15, 0.2) is 53.4 Å². The van der Waals surface area contributed by atoms with Gasteiger partial charge in [-0.15, -0.1) is 11.3 Å². The van der Waals surface area contributed by atoms with Crippen molar-refractivity contribution in [2.75, 3.05) is 21.3 Å². The number of Topliss-reactive ketones (excluding diaryl/α,β-unsaturated/α-hetero) is 1. The number of aliphatic hydroxyl groups excluding tert-OH is 1. The summed E-state index contributed by atoms with van der Waals surface area (Å²) in [5.74, 6) is 0.0634. The number of carbonyl (C=O) groups excluding carboxylic acids is 2. The summed E-state index contributed by atoms with van der Waals surface area (Å²) in [6.45, 7) is 5.92. The van der Waals surface area contributed by atoms with Gasteiger partial charge >= 0.3 is 0 Å². The van der Waals surface area contributed by atoms with Crippen LogP contribution in [0.5, 0.6) is 23.0 Å². The first-order chi connectivity index (χ1) is 18.2. The minimum atomic E-state index is -0.891. The molecule has 1 saturated heterocycles. The predicted molar refractivity (Wildman–Crippen MR) is 145 cm³/mol. The molecular formula is C29H31NO7S. The number of nitrogens with zero attached hydrogens (tertiary/aromatic N) is 1. The smallest absolute Gasteiger partial charge is 0.295 e. The molecule has 4 rings (SSSR count). The third kappa shape index (κ3) is 5.06. The van der Waals surface area contributed by atoms with Crippen molar-refractivity contribution in [1.29, 1.82) is 0 Å². The summed E-state index contributed by atoms with van der Waals surface area (Å²) in [6.07, 6.45) is -0.0178. The number of thiophene rings is 1. The number of ether oxygens (including phenoxy) is 4. The van der Waals surface area contributed by atoms with E-state index in [1.807, 2.05) is 38.3 Å². The lowest BCUT2D eigenvalue weighted by atomic mass is 9.94. The molecule has 3 aromatic rings. The number of methoxy groups -OCH3 is 3. The van der Waals surface area contributed by atoms with E-state index in [-0.39, 0.29) is 24.0 Å². The Bertz CT molecular complexity index is 1350. The Hall–Kier alpha value is -3.98. The molecule has 38 heavy (non-hydrogen) atoms. The zero-order chi connectivity index (χ0) is 27.6. The van der Waals surface area contributed by atoms with Crippen LogP contribution in [0.3, 0.4) is 0 Å². The Morgan fingerprint density at radius 1 is 1.00 bits per heavy atom. The number of rotatable bonds is 9. The van der Waals surface area contributed by atoms with Crippen molar-refractivity contribution in [2.24, 2.45) is 0 Å². The fraction of sp³-hybridized carbons (Fsp3) is 0.310. The van der Waals surface area contributed by atoms with Crippen LogP contribution in [0.25, 0.3) is 5.76 Å². The molecule has 1 unspecified atom stereocenters. The van der Waals surface area contributed by atoms with Gasteiger partial charge in [-0.1, -0.05) is 6.07 Å². The van der Waals surface area contributed by atoms with E-state index >= 15 is 0 Å². The lowest BCUT2D eigenvalue weighted by Crippen LogP contribution is -2.29. The largest absolute Gasteiger partial charge is 0.507 e. The Morgan fingerprint density at radius 3 is 2.21 bits per heavy atom. The number of hydrogen-bond donors (Lipinski definition) is 1. The van der Waals surface area contributed by atoms with Gasteiger partial charge in [0.1, 0.15) is 11.5 Å². The van der Waals surface area contributed by atoms with E-state index in [1.165, 1.54) is 37.6 Å². The second kappa shape index (κ2) is 11.2. The van der Waals surface area contributed by atoms with E-state index in [1.54, 1.807) is 30.3 Å². The molecule has 0 saturated carbocycles. The van der Waals surface area contributed by atoms with Crippen molar-refractivity contribution < 1.29 is 33.6 Å². The maximum Gasteiger partial charge on any atom is 0.295 e. The molecule has 1 N–H and O–H groups in total. The van der Waals surface area contributed by atoms with Gasteiger partial charge in [0, 0.05) is 10.4 Å². The quantitative estimate of drug-likeness (QED) is 0.219. The molecular weight excluding hydrogens is 506 g/mol. The second-order valence-electron chi connectivity index (χ2n) is 9.11. The van der Waals surface area contributed by atoms with Gasteiger partial charge in [-0.05, 0) is 73.7 Å². The molecule has 1 fully saturated rings. The molecule has 0 aliphatic carbocycles. The van der Waals surface area contributed by atoms with E-state index in [4.69, 9.17) is 18.9 Å². The van der Waals surface area contributed by atoms with Crippen LogP contribution in [0.1, 0.15) is 41.5 Å². The molecule has 9 heteroatoms. The number of aliphatic hydroxyl groups is 1. The van der Waals surface area contributed by atoms with Crippen LogP contribution in [-0.4, -0.2) is 49.1 Å². The molecule has 1 amide bonds. The number of carbonyl (C=O) groups is 2. The molecule has 1 atom stereocenters. The molecule has 0 bridgehead atoms. The minimum absolute atomic E-state index is 0.0160. The molecule has 2 heterocycles. The molecule has 1 aromatic heterocycles. The van der Waals surface area contributed by atoms with Gasteiger partial charge in [0.2, 0.25) is 5.75 Å². The van der Waals surface area contributed by atoms with Gasteiger partial charge in [0.25, 0.3) is 11.7 Å². The average Bonchev–Trinajstić information content (AvgIpc) is 3.50. The Morgan fingerprint density at radius 2 is 1.68 bits per heavy atom. The normalized spacial score (nSPS) is 16.7. The van der Waals surface area contributed by atoms with E-state index in [9.17, 15) is 14.7 Å². The van der Waals surface area contributed by atoms with Gasteiger partial charge in [0.05, 0.1) is 45.6 Å². The first-order valence-electron chi connectivity index (χ1n) is 12.1. The molecule has 1 aliphatic rings. The van der Waals surface area contributed by atoms with Gasteiger partial charge in [-0.25, -0.2) is 0 Å². The van der Waals surface area contributed by atoms with E-state index < -0.39 is 17.7 Å². The Kier molecular flexibility index (Phi) is 7.97. The van der Waals surface area contributed by atoms with E-state index in [0.29, 0.717) is 34.1 Å².